The number of hydrogen-bond acceptors (Lipinski definition) is 4. The molecule has 1 spiro atoms. The van der Waals surface area contributed by atoms with E-state index in [1.165, 1.54) is 25.7 Å². The lowest BCUT2D eigenvalue weighted by atomic mass is 9.89. The molecule has 2 aliphatic rings. The Balaban J connectivity index is 1.70. The van der Waals surface area contributed by atoms with Gasteiger partial charge in [0, 0.05) is 12.6 Å². The normalized spacial score (nSPS) is 25.6. The summed E-state index contributed by atoms with van der Waals surface area (Å²) < 4.78 is 8.25. The van der Waals surface area contributed by atoms with Crippen molar-refractivity contribution in [2.75, 3.05) is 6.61 Å². The van der Waals surface area contributed by atoms with Crippen molar-refractivity contribution >= 4 is 0 Å². The van der Waals surface area contributed by atoms with Crippen LogP contribution in [0.2, 0.25) is 0 Å². The highest BCUT2D eigenvalue weighted by atomic mass is 16.5. The molecular formula is C15H26N4O. The Hall–Kier alpha value is -0.940. The molecule has 0 bridgehead atoms. The van der Waals surface area contributed by atoms with Crippen molar-refractivity contribution in [3.05, 3.63) is 12.2 Å². The summed E-state index contributed by atoms with van der Waals surface area (Å²) >= 11 is 0. The van der Waals surface area contributed by atoms with Crippen molar-refractivity contribution in [3.8, 4) is 0 Å². The first-order valence-electron chi connectivity index (χ1n) is 7.94. The van der Waals surface area contributed by atoms with E-state index >= 15 is 0 Å². The topological polar surface area (TPSA) is 52.0 Å². The summed E-state index contributed by atoms with van der Waals surface area (Å²) in [5, 5.41) is 7.92. The fraction of sp³-hybridized carbons (Fsp3) is 0.867. The van der Waals surface area contributed by atoms with E-state index in [1.54, 1.807) is 6.33 Å². The minimum atomic E-state index is 0.137. The Kier molecular flexibility index (Phi) is 4.08. The molecule has 1 N–H and O–H groups in total. The monoisotopic (exact) mass is 278 g/mol. The molecule has 112 valence electrons. The molecule has 1 unspecified atom stereocenters. The van der Waals surface area contributed by atoms with E-state index in [0.717, 1.165) is 31.8 Å². The molecule has 3 rings (SSSR count). The van der Waals surface area contributed by atoms with E-state index in [4.69, 9.17) is 4.74 Å². The van der Waals surface area contributed by atoms with Crippen molar-refractivity contribution in [2.24, 2.45) is 0 Å². The molecule has 1 aromatic rings. The summed E-state index contributed by atoms with van der Waals surface area (Å²) in [6, 6.07) is 0.921. The molecule has 0 aromatic carbocycles. The molecule has 2 fully saturated rings. The summed E-state index contributed by atoms with van der Waals surface area (Å²) in [6.07, 6.45) is 8.91. The Labute approximate surface area is 121 Å². The quantitative estimate of drug-likeness (QED) is 0.919. The Bertz CT molecular complexity index is 437. The second kappa shape index (κ2) is 5.82. The SMILES string of the molecule is CC(C)NCc1ncnn1C1CCOC2(CCCC2)C1. The van der Waals surface area contributed by atoms with Crippen molar-refractivity contribution in [2.45, 2.75) is 76.6 Å². The van der Waals surface area contributed by atoms with Crippen LogP contribution in [0.3, 0.4) is 0 Å². The molecule has 1 saturated carbocycles. The molecule has 20 heavy (non-hydrogen) atoms. The fourth-order valence-electron chi connectivity index (χ4n) is 3.58. The molecule has 5 heteroatoms. The summed E-state index contributed by atoms with van der Waals surface area (Å²) in [6.45, 7) is 5.97. The first-order chi connectivity index (χ1) is 9.69. The van der Waals surface area contributed by atoms with E-state index in [2.05, 4.69) is 33.9 Å². The van der Waals surface area contributed by atoms with Crippen LogP contribution in [0.15, 0.2) is 6.33 Å². The van der Waals surface area contributed by atoms with Crippen LogP contribution in [0.25, 0.3) is 0 Å². The summed E-state index contributed by atoms with van der Waals surface area (Å²) in [5.74, 6) is 1.05. The third-order valence-electron chi connectivity index (χ3n) is 4.64. The average molecular weight is 278 g/mol. The lowest BCUT2D eigenvalue weighted by Gasteiger charge is -2.38. The van der Waals surface area contributed by atoms with Gasteiger partial charge in [-0.25, -0.2) is 9.67 Å². The van der Waals surface area contributed by atoms with Crippen LogP contribution in [0.4, 0.5) is 0 Å². The van der Waals surface area contributed by atoms with Gasteiger partial charge >= 0.3 is 0 Å². The smallest absolute Gasteiger partial charge is 0.141 e. The molecule has 2 heterocycles. The number of rotatable bonds is 4. The van der Waals surface area contributed by atoms with Crippen LogP contribution in [-0.4, -0.2) is 33.0 Å². The third kappa shape index (κ3) is 2.88. The van der Waals surface area contributed by atoms with Gasteiger partial charge in [0.25, 0.3) is 0 Å². The highest BCUT2D eigenvalue weighted by molar-refractivity contribution is 4.96. The van der Waals surface area contributed by atoms with Crippen LogP contribution < -0.4 is 5.32 Å². The van der Waals surface area contributed by atoms with E-state index < -0.39 is 0 Å². The summed E-state index contributed by atoms with van der Waals surface area (Å²) in [4.78, 5) is 4.43. The van der Waals surface area contributed by atoms with Gasteiger partial charge < -0.3 is 10.1 Å². The number of aromatic nitrogens is 3. The van der Waals surface area contributed by atoms with E-state index in [-0.39, 0.29) is 5.60 Å². The first-order valence-corrected chi connectivity index (χ1v) is 7.94. The summed E-state index contributed by atoms with van der Waals surface area (Å²) in [7, 11) is 0. The van der Waals surface area contributed by atoms with Gasteiger partial charge in [0.05, 0.1) is 18.2 Å². The predicted octanol–water partition coefficient (Wildman–Crippen LogP) is 2.44. The van der Waals surface area contributed by atoms with Gasteiger partial charge in [0.15, 0.2) is 0 Å². The Morgan fingerprint density at radius 3 is 3.00 bits per heavy atom. The zero-order valence-corrected chi connectivity index (χ0v) is 12.6. The Morgan fingerprint density at radius 2 is 2.25 bits per heavy atom. The van der Waals surface area contributed by atoms with Crippen molar-refractivity contribution in [1.29, 1.82) is 0 Å². The van der Waals surface area contributed by atoms with Crippen LogP contribution >= 0.6 is 0 Å². The minimum Gasteiger partial charge on any atom is -0.375 e. The molecule has 1 aliphatic heterocycles. The third-order valence-corrected chi connectivity index (χ3v) is 4.64. The highest BCUT2D eigenvalue weighted by Crippen LogP contribution is 2.43. The largest absolute Gasteiger partial charge is 0.375 e. The van der Waals surface area contributed by atoms with Gasteiger partial charge in [-0.15, -0.1) is 0 Å². The van der Waals surface area contributed by atoms with Crippen LogP contribution in [0.5, 0.6) is 0 Å². The van der Waals surface area contributed by atoms with E-state index in [1.807, 2.05) is 0 Å². The zero-order valence-electron chi connectivity index (χ0n) is 12.6. The van der Waals surface area contributed by atoms with Gasteiger partial charge in [-0.2, -0.15) is 5.10 Å². The molecule has 1 aromatic heterocycles. The van der Waals surface area contributed by atoms with Gasteiger partial charge in [-0.1, -0.05) is 26.7 Å². The van der Waals surface area contributed by atoms with Crippen molar-refractivity contribution in [3.63, 3.8) is 0 Å². The van der Waals surface area contributed by atoms with Gasteiger partial charge in [-0.3, -0.25) is 0 Å². The van der Waals surface area contributed by atoms with Crippen LogP contribution in [0.1, 0.15) is 64.2 Å². The number of nitrogens with zero attached hydrogens (tertiary/aromatic N) is 3. The maximum absolute atomic E-state index is 6.12. The summed E-state index contributed by atoms with van der Waals surface area (Å²) in [5.41, 5.74) is 0.137. The molecular weight excluding hydrogens is 252 g/mol. The number of nitrogens with one attached hydrogen (secondary N) is 1. The standard InChI is InChI=1S/C15H26N4O/c1-12(2)16-10-14-17-11-18-19(14)13-5-8-20-15(9-13)6-3-4-7-15/h11-13,16H,3-10H2,1-2H3. The lowest BCUT2D eigenvalue weighted by molar-refractivity contribution is -0.0914. The maximum atomic E-state index is 6.12. The fourth-order valence-corrected chi connectivity index (χ4v) is 3.58. The van der Waals surface area contributed by atoms with Gasteiger partial charge in [0.2, 0.25) is 0 Å². The molecule has 1 atom stereocenters. The van der Waals surface area contributed by atoms with Gasteiger partial charge in [0.1, 0.15) is 12.2 Å². The molecule has 0 amide bonds. The minimum absolute atomic E-state index is 0.137. The van der Waals surface area contributed by atoms with E-state index in [9.17, 15) is 0 Å². The molecule has 1 aliphatic carbocycles. The number of ether oxygens (including phenoxy) is 1. The average Bonchev–Trinajstić information content (AvgIpc) is 3.06. The van der Waals surface area contributed by atoms with Crippen molar-refractivity contribution in [1.82, 2.24) is 20.1 Å². The van der Waals surface area contributed by atoms with Crippen LogP contribution in [0, 0.1) is 0 Å². The Morgan fingerprint density at radius 1 is 1.45 bits per heavy atom. The van der Waals surface area contributed by atoms with Gasteiger partial charge in [-0.05, 0) is 25.7 Å². The molecule has 5 nitrogen and oxygen atoms in total. The molecule has 0 radical (unpaired) electrons. The number of hydrogen-bond donors (Lipinski definition) is 1. The zero-order chi connectivity index (χ0) is 14.0. The first kappa shape index (κ1) is 14.0. The van der Waals surface area contributed by atoms with Crippen molar-refractivity contribution < 1.29 is 4.74 Å². The lowest BCUT2D eigenvalue weighted by Crippen LogP contribution is -2.39. The van der Waals surface area contributed by atoms with Crippen LogP contribution in [-0.2, 0) is 11.3 Å². The second-order valence-electron chi connectivity index (χ2n) is 6.54. The highest BCUT2D eigenvalue weighted by Gasteiger charge is 2.41. The van der Waals surface area contributed by atoms with E-state index in [0.29, 0.717) is 12.1 Å². The second-order valence-corrected chi connectivity index (χ2v) is 6.54. The molecule has 1 saturated heterocycles. The maximum Gasteiger partial charge on any atom is 0.141 e. The predicted molar refractivity (Wildman–Crippen MR) is 77.4 cm³/mol.